The van der Waals surface area contributed by atoms with Crippen LogP contribution in [0.3, 0.4) is 0 Å². The number of rotatable bonds is 2. The Labute approximate surface area is 93.2 Å². The van der Waals surface area contributed by atoms with E-state index in [9.17, 15) is 0 Å². The molecule has 1 N–H and O–H groups in total. The van der Waals surface area contributed by atoms with Crippen LogP contribution in [-0.4, -0.2) is 48.8 Å². The predicted molar refractivity (Wildman–Crippen MR) is 62.1 cm³/mol. The lowest BCUT2D eigenvalue weighted by atomic mass is 10.2. The second-order valence-corrected chi connectivity index (χ2v) is 5.20. The minimum Gasteiger partial charge on any atom is -0.371 e. The minimum atomic E-state index is 0.372. The summed E-state index contributed by atoms with van der Waals surface area (Å²) in [7, 11) is 0. The Bertz CT molecular complexity index is 200. The molecule has 15 heavy (non-hydrogen) atoms. The van der Waals surface area contributed by atoms with Crippen molar-refractivity contribution in [1.29, 1.82) is 0 Å². The Morgan fingerprint density at radius 2 is 1.80 bits per heavy atom. The Balaban J connectivity index is 1.84. The lowest BCUT2D eigenvalue weighted by Crippen LogP contribution is -2.50. The maximum Gasteiger partial charge on any atom is 0.0830 e. The highest BCUT2D eigenvalue weighted by molar-refractivity contribution is 4.85. The lowest BCUT2D eigenvalue weighted by Gasteiger charge is -2.35. The molecule has 0 radical (unpaired) electrons. The van der Waals surface area contributed by atoms with Gasteiger partial charge < -0.3 is 10.1 Å². The van der Waals surface area contributed by atoms with Crippen LogP contribution < -0.4 is 5.32 Å². The average Bonchev–Trinajstić information content (AvgIpc) is 2.50. The summed E-state index contributed by atoms with van der Waals surface area (Å²) >= 11 is 0. The summed E-state index contributed by atoms with van der Waals surface area (Å²) in [5.41, 5.74) is 0. The van der Waals surface area contributed by atoms with Crippen LogP contribution in [0.1, 0.15) is 33.6 Å². The zero-order chi connectivity index (χ0) is 10.8. The first kappa shape index (κ1) is 11.4. The molecule has 0 aromatic rings. The molecule has 0 saturated carbocycles. The molecule has 88 valence electrons. The van der Waals surface area contributed by atoms with Crippen LogP contribution in [0.5, 0.6) is 0 Å². The molecule has 3 nitrogen and oxygen atoms in total. The molecule has 2 aliphatic rings. The second kappa shape index (κ2) is 4.81. The van der Waals surface area contributed by atoms with Crippen molar-refractivity contribution in [3.8, 4) is 0 Å². The van der Waals surface area contributed by atoms with E-state index in [0.717, 1.165) is 31.7 Å². The molecule has 0 spiro atoms. The van der Waals surface area contributed by atoms with Gasteiger partial charge in [0.25, 0.3) is 0 Å². The highest BCUT2D eigenvalue weighted by Gasteiger charge is 2.30. The highest BCUT2D eigenvalue weighted by atomic mass is 16.5. The van der Waals surface area contributed by atoms with Gasteiger partial charge in [-0.05, 0) is 33.6 Å². The molecule has 2 heterocycles. The van der Waals surface area contributed by atoms with Crippen LogP contribution in [0.15, 0.2) is 0 Å². The third kappa shape index (κ3) is 2.71. The van der Waals surface area contributed by atoms with Gasteiger partial charge in [-0.15, -0.1) is 0 Å². The van der Waals surface area contributed by atoms with E-state index in [4.69, 9.17) is 4.74 Å². The molecule has 2 aliphatic heterocycles. The maximum atomic E-state index is 5.94. The lowest BCUT2D eigenvalue weighted by molar-refractivity contribution is -0.0472. The maximum absolute atomic E-state index is 5.94. The Morgan fingerprint density at radius 1 is 1.13 bits per heavy atom. The molecule has 2 unspecified atom stereocenters. The van der Waals surface area contributed by atoms with Crippen LogP contribution in [0.4, 0.5) is 0 Å². The van der Waals surface area contributed by atoms with Crippen LogP contribution in [0, 0.1) is 0 Å². The molecule has 2 rings (SSSR count). The summed E-state index contributed by atoms with van der Waals surface area (Å²) in [5.74, 6) is 0. The number of morpholine rings is 1. The monoisotopic (exact) mass is 212 g/mol. The van der Waals surface area contributed by atoms with Gasteiger partial charge in [-0.25, -0.2) is 0 Å². The number of likely N-dealkylation sites (tertiary alicyclic amines) is 1. The summed E-state index contributed by atoms with van der Waals surface area (Å²) in [6.45, 7) is 9.93. The Kier molecular flexibility index (Phi) is 3.65. The smallest absolute Gasteiger partial charge is 0.0830 e. The number of hydrogen-bond acceptors (Lipinski definition) is 3. The minimum absolute atomic E-state index is 0.372. The van der Waals surface area contributed by atoms with E-state index in [-0.39, 0.29) is 0 Å². The van der Waals surface area contributed by atoms with Gasteiger partial charge in [0.05, 0.1) is 12.2 Å². The van der Waals surface area contributed by atoms with Gasteiger partial charge in [0.2, 0.25) is 0 Å². The van der Waals surface area contributed by atoms with E-state index >= 15 is 0 Å². The van der Waals surface area contributed by atoms with Crippen molar-refractivity contribution < 1.29 is 4.74 Å². The topological polar surface area (TPSA) is 24.5 Å². The fourth-order valence-electron chi connectivity index (χ4n) is 2.82. The van der Waals surface area contributed by atoms with Gasteiger partial charge in [0, 0.05) is 31.7 Å². The standard InChI is InChI=1S/C12H24N2O/c1-9-4-5-10(2)14(9)8-12-7-13-6-11(3)15-12/h9-13H,4-8H2,1-3H3/t9?,10?,11-,12+/m1/s1. The van der Waals surface area contributed by atoms with Gasteiger partial charge in [-0.3, -0.25) is 4.90 Å². The van der Waals surface area contributed by atoms with Gasteiger partial charge in [0.15, 0.2) is 0 Å². The average molecular weight is 212 g/mol. The Hall–Kier alpha value is -0.120. The largest absolute Gasteiger partial charge is 0.371 e. The second-order valence-electron chi connectivity index (χ2n) is 5.20. The molecule has 0 aromatic heterocycles. The summed E-state index contributed by atoms with van der Waals surface area (Å²) in [4.78, 5) is 2.60. The van der Waals surface area contributed by atoms with Crippen LogP contribution in [-0.2, 0) is 4.74 Å². The normalized spacial score (nSPS) is 43.4. The first-order valence-electron chi connectivity index (χ1n) is 6.28. The number of nitrogens with one attached hydrogen (secondary N) is 1. The predicted octanol–water partition coefficient (Wildman–Crippen LogP) is 1.24. The molecule has 0 aliphatic carbocycles. The SMILES string of the molecule is CC1CCC(C)N1C[C@@H]1CNC[C@@H](C)O1. The van der Waals surface area contributed by atoms with E-state index in [1.807, 2.05) is 0 Å². The zero-order valence-electron chi connectivity index (χ0n) is 10.2. The van der Waals surface area contributed by atoms with E-state index in [1.165, 1.54) is 12.8 Å². The van der Waals surface area contributed by atoms with Gasteiger partial charge in [-0.1, -0.05) is 0 Å². The van der Waals surface area contributed by atoms with Crippen molar-refractivity contribution in [2.75, 3.05) is 19.6 Å². The van der Waals surface area contributed by atoms with E-state index in [1.54, 1.807) is 0 Å². The van der Waals surface area contributed by atoms with Crippen molar-refractivity contribution >= 4 is 0 Å². The summed E-state index contributed by atoms with van der Waals surface area (Å²) in [6, 6.07) is 1.47. The molecule has 0 bridgehead atoms. The molecular weight excluding hydrogens is 188 g/mol. The number of ether oxygens (including phenoxy) is 1. The Morgan fingerprint density at radius 3 is 2.40 bits per heavy atom. The third-order valence-electron chi connectivity index (χ3n) is 3.78. The molecule has 2 fully saturated rings. The summed E-state index contributed by atoms with van der Waals surface area (Å²) in [5, 5.41) is 3.44. The molecular formula is C12H24N2O. The van der Waals surface area contributed by atoms with Crippen molar-refractivity contribution in [3.05, 3.63) is 0 Å². The molecule has 3 heteroatoms. The van der Waals surface area contributed by atoms with E-state index in [2.05, 4.69) is 31.0 Å². The fraction of sp³-hybridized carbons (Fsp3) is 1.00. The van der Waals surface area contributed by atoms with Crippen molar-refractivity contribution in [1.82, 2.24) is 10.2 Å². The molecule has 0 aromatic carbocycles. The molecule has 2 saturated heterocycles. The quantitative estimate of drug-likeness (QED) is 0.745. The number of nitrogens with zero attached hydrogens (tertiary/aromatic N) is 1. The van der Waals surface area contributed by atoms with Gasteiger partial charge >= 0.3 is 0 Å². The van der Waals surface area contributed by atoms with Crippen molar-refractivity contribution in [2.45, 2.75) is 57.9 Å². The van der Waals surface area contributed by atoms with Crippen molar-refractivity contribution in [3.63, 3.8) is 0 Å². The first-order valence-corrected chi connectivity index (χ1v) is 6.28. The third-order valence-corrected chi connectivity index (χ3v) is 3.78. The first-order chi connectivity index (χ1) is 7.16. The van der Waals surface area contributed by atoms with Crippen molar-refractivity contribution in [2.24, 2.45) is 0 Å². The van der Waals surface area contributed by atoms with Gasteiger partial charge in [0.1, 0.15) is 0 Å². The van der Waals surface area contributed by atoms with E-state index < -0.39 is 0 Å². The fourth-order valence-corrected chi connectivity index (χ4v) is 2.82. The van der Waals surface area contributed by atoms with Gasteiger partial charge in [-0.2, -0.15) is 0 Å². The summed E-state index contributed by atoms with van der Waals surface area (Å²) in [6.07, 6.45) is 3.45. The molecule has 0 amide bonds. The van der Waals surface area contributed by atoms with E-state index in [0.29, 0.717) is 12.2 Å². The van der Waals surface area contributed by atoms with Crippen LogP contribution >= 0.6 is 0 Å². The molecule has 4 atom stereocenters. The number of hydrogen-bond donors (Lipinski definition) is 1. The summed E-state index contributed by atoms with van der Waals surface area (Å²) < 4.78 is 5.94. The highest BCUT2D eigenvalue weighted by Crippen LogP contribution is 2.24. The van der Waals surface area contributed by atoms with Crippen LogP contribution in [0.25, 0.3) is 0 Å². The van der Waals surface area contributed by atoms with Crippen LogP contribution in [0.2, 0.25) is 0 Å². The zero-order valence-corrected chi connectivity index (χ0v) is 10.2.